The largest absolute Gasteiger partial charge is 0.323 e. The number of benzene rings is 1. The van der Waals surface area contributed by atoms with E-state index in [1.165, 1.54) is 11.8 Å². The number of rotatable bonds is 5. The van der Waals surface area contributed by atoms with Crippen molar-refractivity contribution in [1.29, 1.82) is 0 Å². The second-order valence-electron chi connectivity index (χ2n) is 5.73. The number of imidazole rings is 1. The van der Waals surface area contributed by atoms with Gasteiger partial charge in [-0.3, -0.25) is 9.59 Å². The van der Waals surface area contributed by atoms with Crippen LogP contribution in [0.25, 0.3) is 11.0 Å². The fraction of sp³-hybridized carbons (Fsp3) is 0.471. The Labute approximate surface area is 145 Å². The average molecular weight is 346 g/mol. The number of hydrogen-bond acceptors (Lipinski definition) is 3. The maximum absolute atomic E-state index is 12.4. The molecule has 7 heteroatoms. The zero-order valence-corrected chi connectivity index (χ0v) is 14.9. The van der Waals surface area contributed by atoms with Gasteiger partial charge in [0.05, 0.1) is 11.0 Å². The quantitative estimate of drug-likeness (QED) is 0.836. The van der Waals surface area contributed by atoms with Gasteiger partial charge < -0.3 is 14.0 Å². The number of hydrogen-bond donors (Lipinski definition) is 0. The fourth-order valence-corrected chi connectivity index (χ4v) is 3.86. The van der Waals surface area contributed by atoms with Crippen LogP contribution in [0.3, 0.4) is 0 Å². The standard InChI is InChI=1S/C17H22N4O2S/c1-3-9-21-14-8-6-5-7-13(14)20(4-2)16(21)18-15(22)12-19-10-11-24-17(19)23/h5-8H,3-4,9-12H2,1-2H3. The first kappa shape index (κ1) is 16.8. The van der Waals surface area contributed by atoms with Crippen molar-refractivity contribution in [3.63, 3.8) is 0 Å². The second kappa shape index (κ2) is 7.25. The maximum atomic E-state index is 12.4. The van der Waals surface area contributed by atoms with Crippen LogP contribution in [0.15, 0.2) is 29.3 Å². The summed E-state index contributed by atoms with van der Waals surface area (Å²) in [7, 11) is 0. The van der Waals surface area contributed by atoms with Crippen LogP contribution in [0, 0.1) is 0 Å². The third-order valence-electron chi connectivity index (χ3n) is 4.11. The lowest BCUT2D eigenvalue weighted by Gasteiger charge is -2.11. The van der Waals surface area contributed by atoms with Gasteiger partial charge in [0, 0.05) is 25.4 Å². The summed E-state index contributed by atoms with van der Waals surface area (Å²) in [4.78, 5) is 30.0. The van der Waals surface area contributed by atoms with Crippen molar-refractivity contribution in [2.24, 2.45) is 4.99 Å². The number of nitrogens with zero attached hydrogens (tertiary/aromatic N) is 4. The summed E-state index contributed by atoms with van der Waals surface area (Å²) in [6.45, 7) is 6.38. The topological polar surface area (TPSA) is 59.6 Å². The highest BCUT2D eigenvalue weighted by molar-refractivity contribution is 8.13. The van der Waals surface area contributed by atoms with Gasteiger partial charge in [-0.05, 0) is 25.5 Å². The molecule has 0 radical (unpaired) electrons. The number of amides is 2. The van der Waals surface area contributed by atoms with Crippen LogP contribution in [-0.4, -0.2) is 44.0 Å². The van der Waals surface area contributed by atoms with Gasteiger partial charge >= 0.3 is 0 Å². The van der Waals surface area contributed by atoms with E-state index in [0.29, 0.717) is 12.2 Å². The summed E-state index contributed by atoms with van der Waals surface area (Å²) >= 11 is 1.26. The van der Waals surface area contributed by atoms with Crippen molar-refractivity contribution in [3.8, 4) is 0 Å². The van der Waals surface area contributed by atoms with E-state index in [2.05, 4.69) is 33.2 Å². The van der Waals surface area contributed by atoms with Gasteiger partial charge in [-0.2, -0.15) is 4.99 Å². The molecule has 0 unspecified atom stereocenters. The molecule has 1 saturated heterocycles. The summed E-state index contributed by atoms with van der Waals surface area (Å²) < 4.78 is 4.15. The molecule has 128 valence electrons. The first-order valence-electron chi connectivity index (χ1n) is 8.33. The van der Waals surface area contributed by atoms with E-state index in [-0.39, 0.29) is 17.7 Å². The zero-order chi connectivity index (χ0) is 17.1. The molecular formula is C17H22N4O2S. The normalized spacial score (nSPS) is 15.7. The molecule has 0 N–H and O–H groups in total. The summed E-state index contributed by atoms with van der Waals surface area (Å²) in [6, 6.07) is 8.10. The van der Waals surface area contributed by atoms with Crippen molar-refractivity contribution in [2.75, 3.05) is 18.8 Å². The number of aryl methyl sites for hydroxylation is 2. The summed E-state index contributed by atoms with van der Waals surface area (Å²) in [5.41, 5.74) is 2.83. The van der Waals surface area contributed by atoms with Crippen LogP contribution in [-0.2, 0) is 17.9 Å². The van der Waals surface area contributed by atoms with Crippen LogP contribution in [0.2, 0.25) is 0 Å². The molecule has 0 aliphatic carbocycles. The minimum atomic E-state index is -0.270. The lowest BCUT2D eigenvalue weighted by atomic mass is 10.3. The van der Waals surface area contributed by atoms with Crippen LogP contribution < -0.4 is 5.62 Å². The molecule has 1 aliphatic rings. The highest BCUT2D eigenvalue weighted by Crippen LogP contribution is 2.17. The zero-order valence-electron chi connectivity index (χ0n) is 14.1. The fourth-order valence-electron chi connectivity index (χ4n) is 3.04. The Hall–Kier alpha value is -2.02. The van der Waals surface area contributed by atoms with Gasteiger partial charge in [0.25, 0.3) is 11.1 Å². The first-order valence-corrected chi connectivity index (χ1v) is 9.31. The van der Waals surface area contributed by atoms with Crippen LogP contribution in [0.5, 0.6) is 0 Å². The van der Waals surface area contributed by atoms with Gasteiger partial charge in [-0.25, -0.2) is 0 Å². The van der Waals surface area contributed by atoms with Crippen molar-refractivity contribution in [1.82, 2.24) is 14.0 Å². The van der Waals surface area contributed by atoms with Gasteiger partial charge in [0.2, 0.25) is 5.62 Å². The number of carbonyl (C=O) groups excluding carboxylic acids is 2. The molecule has 3 rings (SSSR count). The average Bonchev–Trinajstić information content (AvgIpc) is 3.10. The summed E-state index contributed by atoms with van der Waals surface area (Å²) in [5.74, 6) is 0.477. The summed E-state index contributed by atoms with van der Waals surface area (Å²) in [5, 5.41) is -0.0315. The molecule has 0 bridgehead atoms. The van der Waals surface area contributed by atoms with E-state index in [0.717, 1.165) is 36.3 Å². The highest BCUT2D eigenvalue weighted by atomic mass is 32.2. The van der Waals surface area contributed by atoms with E-state index in [1.54, 1.807) is 4.90 Å². The van der Waals surface area contributed by atoms with Gasteiger partial charge in [-0.15, -0.1) is 0 Å². The lowest BCUT2D eigenvalue weighted by Crippen LogP contribution is -2.33. The molecule has 1 aromatic heterocycles. The van der Waals surface area contributed by atoms with E-state index < -0.39 is 0 Å². The molecular weight excluding hydrogens is 324 g/mol. The molecule has 0 spiro atoms. The second-order valence-corrected chi connectivity index (χ2v) is 6.77. The number of aromatic nitrogens is 2. The number of thioether (sulfide) groups is 1. The number of para-hydroxylation sites is 2. The van der Waals surface area contributed by atoms with E-state index in [9.17, 15) is 9.59 Å². The van der Waals surface area contributed by atoms with Crippen LogP contribution in [0.4, 0.5) is 4.79 Å². The molecule has 0 saturated carbocycles. The van der Waals surface area contributed by atoms with Gasteiger partial charge in [0.1, 0.15) is 6.54 Å². The molecule has 2 amide bonds. The maximum Gasteiger partial charge on any atom is 0.282 e. The molecule has 1 fully saturated rings. The molecule has 2 heterocycles. The van der Waals surface area contributed by atoms with E-state index >= 15 is 0 Å². The van der Waals surface area contributed by atoms with Crippen molar-refractivity contribution >= 4 is 33.9 Å². The SMILES string of the molecule is CCCn1c(=NC(=O)CN2CCSC2=O)n(CC)c2ccccc21. The Kier molecular flexibility index (Phi) is 5.08. The molecule has 0 atom stereocenters. The molecule has 1 aliphatic heterocycles. The van der Waals surface area contributed by atoms with Crippen molar-refractivity contribution in [3.05, 3.63) is 29.9 Å². The molecule has 1 aromatic carbocycles. The lowest BCUT2D eigenvalue weighted by molar-refractivity contribution is -0.118. The Bertz CT molecular complexity index is 837. The molecule has 6 nitrogen and oxygen atoms in total. The monoisotopic (exact) mass is 346 g/mol. The number of carbonyl (C=O) groups is 2. The van der Waals surface area contributed by atoms with Gasteiger partial charge in [0.15, 0.2) is 0 Å². The summed E-state index contributed by atoms with van der Waals surface area (Å²) in [6.07, 6.45) is 0.959. The predicted molar refractivity (Wildman–Crippen MR) is 95.9 cm³/mol. The Morgan fingerprint density at radius 2 is 1.92 bits per heavy atom. The number of fused-ring (bicyclic) bond motifs is 1. The molecule has 2 aromatic rings. The van der Waals surface area contributed by atoms with E-state index in [4.69, 9.17) is 0 Å². The Morgan fingerprint density at radius 3 is 2.50 bits per heavy atom. The molecule has 24 heavy (non-hydrogen) atoms. The highest BCUT2D eigenvalue weighted by Gasteiger charge is 2.23. The predicted octanol–water partition coefficient (Wildman–Crippen LogP) is 2.47. The van der Waals surface area contributed by atoms with Crippen molar-refractivity contribution in [2.45, 2.75) is 33.4 Å². The Balaban J connectivity index is 2.04. The first-order chi connectivity index (χ1) is 11.7. The minimum Gasteiger partial charge on any atom is -0.323 e. The Morgan fingerprint density at radius 1 is 1.21 bits per heavy atom. The smallest absolute Gasteiger partial charge is 0.282 e. The minimum absolute atomic E-state index is 0.0315. The van der Waals surface area contributed by atoms with Gasteiger partial charge in [-0.1, -0.05) is 30.8 Å². The van der Waals surface area contributed by atoms with E-state index in [1.807, 2.05) is 19.1 Å². The third kappa shape index (κ3) is 3.13. The van der Waals surface area contributed by atoms with Crippen LogP contribution >= 0.6 is 11.8 Å². The van der Waals surface area contributed by atoms with Crippen LogP contribution in [0.1, 0.15) is 20.3 Å². The van der Waals surface area contributed by atoms with Crippen molar-refractivity contribution < 1.29 is 9.59 Å². The third-order valence-corrected chi connectivity index (χ3v) is 5.00.